The number of hydrogen-bond acceptors (Lipinski definition) is 3. The molecule has 0 aromatic heterocycles. The van der Waals surface area contributed by atoms with E-state index >= 15 is 0 Å². The molecule has 2 aromatic carbocycles. The summed E-state index contributed by atoms with van der Waals surface area (Å²) in [5, 5.41) is 11.8. The van der Waals surface area contributed by atoms with Gasteiger partial charge < -0.3 is 15.3 Å². The zero-order chi connectivity index (χ0) is 20.4. The lowest BCUT2D eigenvalue weighted by molar-refractivity contribution is -0.141. The van der Waals surface area contributed by atoms with Gasteiger partial charge in [-0.3, -0.25) is 9.59 Å². The fraction of sp³-hybridized carbons (Fsp3) is 0.364. The summed E-state index contributed by atoms with van der Waals surface area (Å²) in [6, 6.07) is 14.7. The summed E-state index contributed by atoms with van der Waals surface area (Å²) < 4.78 is 13.2. The maximum absolute atomic E-state index is 13.2. The summed E-state index contributed by atoms with van der Waals surface area (Å²) in [6.45, 7) is 2.29. The molecule has 0 saturated heterocycles. The van der Waals surface area contributed by atoms with Gasteiger partial charge in [0.05, 0.1) is 0 Å². The monoisotopic (exact) mass is 386 g/mol. The van der Waals surface area contributed by atoms with Gasteiger partial charge in [-0.25, -0.2) is 4.39 Å². The number of halogens is 1. The minimum absolute atomic E-state index is 0.0170. The van der Waals surface area contributed by atoms with E-state index in [4.69, 9.17) is 5.11 Å². The number of carbonyl (C=O) groups excluding carboxylic acids is 2. The predicted molar refractivity (Wildman–Crippen MR) is 106 cm³/mol. The van der Waals surface area contributed by atoms with Crippen LogP contribution in [0.4, 0.5) is 4.39 Å². The lowest BCUT2D eigenvalue weighted by atomic mass is 10.0. The predicted octanol–water partition coefficient (Wildman–Crippen LogP) is 2.67. The number of carbonyl (C=O) groups is 2. The highest BCUT2D eigenvalue weighted by molar-refractivity contribution is 5.87. The third-order valence-electron chi connectivity index (χ3n) is 4.47. The molecule has 0 aliphatic carbocycles. The summed E-state index contributed by atoms with van der Waals surface area (Å²) in [5.41, 5.74) is 1.70. The Labute approximate surface area is 165 Å². The Morgan fingerprint density at radius 2 is 1.75 bits per heavy atom. The van der Waals surface area contributed by atoms with Crippen LogP contribution in [0, 0.1) is 5.82 Å². The topological polar surface area (TPSA) is 69.6 Å². The first-order valence-electron chi connectivity index (χ1n) is 9.51. The quantitative estimate of drug-likeness (QED) is 0.617. The van der Waals surface area contributed by atoms with Gasteiger partial charge >= 0.3 is 0 Å². The van der Waals surface area contributed by atoms with Gasteiger partial charge in [0.2, 0.25) is 11.8 Å². The first-order chi connectivity index (χ1) is 13.5. The number of rotatable bonds is 10. The van der Waals surface area contributed by atoms with Crippen molar-refractivity contribution >= 4 is 11.8 Å². The van der Waals surface area contributed by atoms with Crippen molar-refractivity contribution in [3.8, 4) is 0 Å². The van der Waals surface area contributed by atoms with Crippen molar-refractivity contribution in [2.75, 3.05) is 13.2 Å². The van der Waals surface area contributed by atoms with Crippen molar-refractivity contribution in [3.05, 3.63) is 71.5 Å². The Hall–Kier alpha value is -2.73. The van der Waals surface area contributed by atoms with Gasteiger partial charge in [-0.2, -0.15) is 0 Å². The molecule has 2 N–H and O–H groups in total. The molecule has 0 radical (unpaired) electrons. The SMILES string of the molecule is CCC(=O)N(Cc1ccc(F)cc1)[C@H](Cc1ccccc1)C(=O)NCCCO. The van der Waals surface area contributed by atoms with E-state index in [1.165, 1.54) is 12.1 Å². The minimum atomic E-state index is -0.696. The molecule has 0 aliphatic rings. The third-order valence-corrected chi connectivity index (χ3v) is 4.47. The van der Waals surface area contributed by atoms with Gasteiger partial charge in [0.1, 0.15) is 11.9 Å². The Kier molecular flexibility index (Phi) is 8.62. The summed E-state index contributed by atoms with van der Waals surface area (Å²) in [6.07, 6.45) is 1.08. The van der Waals surface area contributed by atoms with Crippen molar-refractivity contribution in [3.63, 3.8) is 0 Å². The summed E-state index contributed by atoms with van der Waals surface area (Å²) in [5.74, 6) is -0.761. The van der Waals surface area contributed by atoms with Crippen molar-refractivity contribution < 1.29 is 19.1 Å². The van der Waals surface area contributed by atoms with Crippen molar-refractivity contribution in [2.45, 2.75) is 38.8 Å². The first-order valence-corrected chi connectivity index (χ1v) is 9.51. The lowest BCUT2D eigenvalue weighted by Crippen LogP contribution is -2.50. The minimum Gasteiger partial charge on any atom is -0.396 e. The molecule has 6 heteroatoms. The Balaban J connectivity index is 2.28. The van der Waals surface area contributed by atoms with Crippen LogP contribution in [0.3, 0.4) is 0 Å². The van der Waals surface area contributed by atoms with Crippen LogP contribution in [-0.2, 0) is 22.6 Å². The summed E-state index contributed by atoms with van der Waals surface area (Å²) in [7, 11) is 0. The van der Waals surface area contributed by atoms with E-state index in [1.807, 2.05) is 30.3 Å². The molecule has 1 atom stereocenters. The number of hydrogen-bond donors (Lipinski definition) is 2. The first kappa shape index (κ1) is 21.6. The summed E-state index contributed by atoms with van der Waals surface area (Å²) in [4.78, 5) is 27.1. The number of nitrogens with zero attached hydrogens (tertiary/aromatic N) is 1. The molecule has 0 spiro atoms. The molecule has 150 valence electrons. The molecule has 0 bridgehead atoms. The molecule has 0 aliphatic heterocycles. The Morgan fingerprint density at radius 1 is 1.07 bits per heavy atom. The third kappa shape index (κ3) is 6.46. The van der Waals surface area contributed by atoms with Crippen LogP contribution in [-0.4, -0.2) is 41.0 Å². The Morgan fingerprint density at radius 3 is 2.36 bits per heavy atom. The highest BCUT2D eigenvalue weighted by Gasteiger charge is 2.29. The summed E-state index contributed by atoms with van der Waals surface area (Å²) >= 11 is 0. The van der Waals surface area contributed by atoms with Crippen LogP contribution in [0.15, 0.2) is 54.6 Å². The number of benzene rings is 2. The molecule has 2 amide bonds. The smallest absolute Gasteiger partial charge is 0.243 e. The highest BCUT2D eigenvalue weighted by Crippen LogP contribution is 2.16. The molecule has 2 rings (SSSR count). The second-order valence-electron chi connectivity index (χ2n) is 6.58. The molecule has 28 heavy (non-hydrogen) atoms. The van der Waals surface area contributed by atoms with E-state index in [0.29, 0.717) is 19.4 Å². The molecular weight excluding hydrogens is 359 g/mol. The van der Waals surface area contributed by atoms with Crippen molar-refractivity contribution in [2.24, 2.45) is 0 Å². The van der Waals surface area contributed by atoms with E-state index in [0.717, 1.165) is 11.1 Å². The van der Waals surface area contributed by atoms with Gasteiger partial charge in [0.15, 0.2) is 0 Å². The maximum atomic E-state index is 13.2. The largest absolute Gasteiger partial charge is 0.396 e. The number of aliphatic hydroxyl groups is 1. The average Bonchev–Trinajstić information content (AvgIpc) is 2.72. The van der Waals surface area contributed by atoms with Crippen molar-refractivity contribution in [1.29, 1.82) is 0 Å². The van der Waals surface area contributed by atoms with Gasteiger partial charge in [0, 0.05) is 32.5 Å². The van der Waals surface area contributed by atoms with E-state index < -0.39 is 6.04 Å². The van der Waals surface area contributed by atoms with Gasteiger partial charge in [-0.05, 0) is 29.7 Å². The lowest BCUT2D eigenvalue weighted by Gasteiger charge is -2.31. The highest BCUT2D eigenvalue weighted by atomic mass is 19.1. The molecular formula is C22H27FN2O3. The van der Waals surface area contributed by atoms with Gasteiger partial charge in [0.25, 0.3) is 0 Å². The Bertz CT molecular complexity index is 750. The zero-order valence-electron chi connectivity index (χ0n) is 16.1. The van der Waals surface area contributed by atoms with Gasteiger partial charge in [-0.15, -0.1) is 0 Å². The molecule has 2 aromatic rings. The van der Waals surface area contributed by atoms with E-state index in [-0.39, 0.29) is 37.2 Å². The standard InChI is InChI=1S/C22H27FN2O3/c1-2-21(27)25(16-18-9-11-19(23)12-10-18)20(22(28)24-13-6-14-26)15-17-7-4-3-5-8-17/h3-5,7-12,20,26H,2,6,13-16H2,1H3,(H,24,28)/t20-/m1/s1. The number of amides is 2. The average molecular weight is 386 g/mol. The van der Waals surface area contributed by atoms with Crippen LogP contribution >= 0.6 is 0 Å². The van der Waals surface area contributed by atoms with Crippen LogP contribution in [0.1, 0.15) is 30.9 Å². The maximum Gasteiger partial charge on any atom is 0.243 e. The molecule has 5 nitrogen and oxygen atoms in total. The zero-order valence-corrected chi connectivity index (χ0v) is 16.1. The number of aliphatic hydroxyl groups excluding tert-OH is 1. The van der Waals surface area contributed by atoms with Crippen LogP contribution in [0.2, 0.25) is 0 Å². The molecule has 0 unspecified atom stereocenters. The van der Waals surface area contributed by atoms with Gasteiger partial charge in [-0.1, -0.05) is 49.4 Å². The van der Waals surface area contributed by atoms with E-state index in [9.17, 15) is 14.0 Å². The fourth-order valence-electron chi connectivity index (χ4n) is 2.95. The van der Waals surface area contributed by atoms with Crippen LogP contribution in [0.25, 0.3) is 0 Å². The normalized spacial score (nSPS) is 11.7. The molecule has 0 saturated carbocycles. The van der Waals surface area contributed by atoms with Crippen LogP contribution in [0.5, 0.6) is 0 Å². The second kappa shape index (κ2) is 11.2. The number of nitrogens with one attached hydrogen (secondary N) is 1. The van der Waals surface area contributed by atoms with E-state index in [2.05, 4.69) is 5.32 Å². The van der Waals surface area contributed by atoms with E-state index in [1.54, 1.807) is 24.0 Å². The second-order valence-corrected chi connectivity index (χ2v) is 6.58. The fourth-order valence-corrected chi connectivity index (χ4v) is 2.95. The van der Waals surface area contributed by atoms with Crippen LogP contribution < -0.4 is 5.32 Å². The molecule has 0 heterocycles. The van der Waals surface area contributed by atoms with Crippen molar-refractivity contribution in [1.82, 2.24) is 10.2 Å². The molecule has 0 fully saturated rings.